The van der Waals surface area contributed by atoms with Gasteiger partial charge in [-0.15, -0.1) is 10.2 Å². The molecule has 4 rings (SSSR count). The van der Waals surface area contributed by atoms with Crippen molar-refractivity contribution in [3.63, 3.8) is 0 Å². The zero-order valence-electron chi connectivity index (χ0n) is 17.9. The van der Waals surface area contributed by atoms with Crippen LogP contribution in [0.3, 0.4) is 0 Å². The lowest BCUT2D eigenvalue weighted by atomic mass is 10.1. The highest BCUT2D eigenvalue weighted by molar-refractivity contribution is 5.94. The van der Waals surface area contributed by atoms with Gasteiger partial charge in [0.25, 0.3) is 5.91 Å². The Kier molecular flexibility index (Phi) is 6.77. The fourth-order valence-corrected chi connectivity index (χ4v) is 3.61. The van der Waals surface area contributed by atoms with Crippen LogP contribution in [0.2, 0.25) is 0 Å². The normalized spacial score (nSPS) is 13.8. The first kappa shape index (κ1) is 20.8. The predicted molar refractivity (Wildman–Crippen MR) is 122 cm³/mol. The summed E-state index contributed by atoms with van der Waals surface area (Å²) in [6.07, 6.45) is 2.13. The number of hydrogen-bond acceptors (Lipinski definition) is 5. The molecular weight excluding hydrogens is 388 g/mol. The first-order valence-electron chi connectivity index (χ1n) is 10.9. The third-order valence-corrected chi connectivity index (χ3v) is 5.48. The lowest BCUT2D eigenvalue weighted by molar-refractivity contribution is 0.0746. The number of aromatic nitrogens is 2. The van der Waals surface area contributed by atoms with E-state index in [2.05, 4.69) is 22.0 Å². The molecular formula is C25H28N4O2. The van der Waals surface area contributed by atoms with Gasteiger partial charge >= 0.3 is 0 Å². The van der Waals surface area contributed by atoms with Crippen molar-refractivity contribution in [1.82, 2.24) is 15.1 Å². The number of amides is 1. The van der Waals surface area contributed by atoms with Crippen molar-refractivity contribution >= 4 is 11.7 Å². The molecule has 1 aliphatic heterocycles. The highest BCUT2D eigenvalue weighted by Gasteiger charge is 2.23. The minimum atomic E-state index is 0.0604. The van der Waals surface area contributed by atoms with E-state index in [9.17, 15) is 4.79 Å². The van der Waals surface area contributed by atoms with Gasteiger partial charge in [0.1, 0.15) is 5.75 Å². The summed E-state index contributed by atoms with van der Waals surface area (Å²) in [5.41, 5.74) is 2.61. The lowest BCUT2D eigenvalue weighted by Crippen LogP contribution is -2.49. The molecule has 0 saturated carbocycles. The largest absolute Gasteiger partial charge is 0.494 e. The van der Waals surface area contributed by atoms with Crippen molar-refractivity contribution in [3.05, 3.63) is 72.3 Å². The second-order valence-corrected chi connectivity index (χ2v) is 7.65. The van der Waals surface area contributed by atoms with Crippen LogP contribution in [0.1, 0.15) is 30.1 Å². The van der Waals surface area contributed by atoms with E-state index in [1.165, 1.54) is 0 Å². The van der Waals surface area contributed by atoms with Crippen molar-refractivity contribution < 1.29 is 9.53 Å². The Bertz CT molecular complexity index is 967. The average Bonchev–Trinajstić information content (AvgIpc) is 2.85. The van der Waals surface area contributed by atoms with Crippen LogP contribution < -0.4 is 9.64 Å². The number of anilines is 1. The predicted octanol–water partition coefficient (Wildman–Crippen LogP) is 4.28. The molecule has 6 nitrogen and oxygen atoms in total. The number of carbonyl (C=O) groups is 1. The maximum atomic E-state index is 12.9. The van der Waals surface area contributed by atoms with Crippen molar-refractivity contribution in [3.8, 4) is 17.0 Å². The van der Waals surface area contributed by atoms with Crippen LogP contribution in [0, 0.1) is 0 Å². The zero-order valence-corrected chi connectivity index (χ0v) is 17.9. The number of benzene rings is 2. The van der Waals surface area contributed by atoms with Crippen molar-refractivity contribution in [1.29, 1.82) is 0 Å². The Morgan fingerprint density at radius 2 is 1.65 bits per heavy atom. The Morgan fingerprint density at radius 3 is 2.29 bits per heavy atom. The summed E-state index contributed by atoms with van der Waals surface area (Å²) >= 11 is 0. The quantitative estimate of drug-likeness (QED) is 0.538. The molecule has 160 valence electrons. The van der Waals surface area contributed by atoms with E-state index in [1.807, 2.05) is 71.6 Å². The maximum Gasteiger partial charge on any atom is 0.253 e. The molecule has 1 aromatic heterocycles. The number of nitrogens with zero attached hydrogens (tertiary/aromatic N) is 4. The van der Waals surface area contributed by atoms with Gasteiger partial charge in [0.2, 0.25) is 0 Å². The van der Waals surface area contributed by atoms with Crippen LogP contribution in [0.4, 0.5) is 5.82 Å². The topological polar surface area (TPSA) is 58.6 Å². The van der Waals surface area contributed by atoms with Crippen LogP contribution in [0.25, 0.3) is 11.3 Å². The molecule has 1 fully saturated rings. The molecule has 6 heteroatoms. The number of hydrogen-bond donors (Lipinski definition) is 0. The van der Waals surface area contributed by atoms with Gasteiger partial charge in [0.05, 0.1) is 12.3 Å². The van der Waals surface area contributed by atoms with Crippen LogP contribution in [-0.2, 0) is 0 Å². The number of piperazine rings is 1. The SMILES string of the molecule is CCCCOc1ccc(C(=O)N2CCN(c3ccc(-c4ccccc4)nn3)CC2)cc1. The highest BCUT2D eigenvalue weighted by Crippen LogP contribution is 2.20. The van der Waals surface area contributed by atoms with E-state index in [-0.39, 0.29) is 5.91 Å². The van der Waals surface area contributed by atoms with Gasteiger partial charge in [-0.25, -0.2) is 0 Å². The molecule has 0 unspecified atom stereocenters. The summed E-state index contributed by atoms with van der Waals surface area (Å²) in [7, 11) is 0. The van der Waals surface area contributed by atoms with E-state index < -0.39 is 0 Å². The molecule has 0 atom stereocenters. The van der Waals surface area contributed by atoms with Gasteiger partial charge in [-0.2, -0.15) is 0 Å². The van der Waals surface area contributed by atoms with Gasteiger partial charge in [-0.05, 0) is 42.8 Å². The molecule has 0 radical (unpaired) electrons. The van der Waals surface area contributed by atoms with Crippen LogP contribution >= 0.6 is 0 Å². The van der Waals surface area contributed by atoms with Crippen LogP contribution in [0.5, 0.6) is 5.75 Å². The molecule has 1 aliphatic rings. The molecule has 31 heavy (non-hydrogen) atoms. The Morgan fingerprint density at radius 1 is 0.903 bits per heavy atom. The van der Waals surface area contributed by atoms with Crippen LogP contribution in [-0.4, -0.2) is 53.8 Å². The van der Waals surface area contributed by atoms with Gasteiger partial charge in [-0.1, -0.05) is 43.7 Å². The molecule has 0 bridgehead atoms. The van der Waals surface area contributed by atoms with E-state index in [4.69, 9.17) is 4.74 Å². The molecule has 2 heterocycles. The van der Waals surface area contributed by atoms with Crippen LogP contribution in [0.15, 0.2) is 66.7 Å². The number of ether oxygens (including phenoxy) is 1. The maximum absolute atomic E-state index is 12.9. The van der Waals surface area contributed by atoms with Gasteiger partial charge in [0, 0.05) is 37.3 Å². The molecule has 0 spiro atoms. The molecule has 0 aliphatic carbocycles. The molecule has 1 saturated heterocycles. The zero-order chi connectivity index (χ0) is 21.5. The van der Waals surface area contributed by atoms with Crippen molar-refractivity contribution in [2.45, 2.75) is 19.8 Å². The highest BCUT2D eigenvalue weighted by atomic mass is 16.5. The van der Waals surface area contributed by atoms with E-state index >= 15 is 0 Å². The molecule has 1 amide bonds. The summed E-state index contributed by atoms with van der Waals surface area (Å²) in [5, 5.41) is 8.78. The number of carbonyl (C=O) groups excluding carboxylic acids is 1. The molecule has 3 aromatic rings. The fourth-order valence-electron chi connectivity index (χ4n) is 3.61. The Labute approximate surface area is 183 Å². The number of unbranched alkanes of at least 4 members (excludes halogenated alkanes) is 1. The Hall–Kier alpha value is -3.41. The van der Waals surface area contributed by atoms with Gasteiger partial charge < -0.3 is 14.5 Å². The summed E-state index contributed by atoms with van der Waals surface area (Å²) in [5.74, 6) is 1.72. The van der Waals surface area contributed by atoms with E-state index in [0.717, 1.165) is 48.8 Å². The van der Waals surface area contributed by atoms with Gasteiger partial charge in [-0.3, -0.25) is 4.79 Å². The summed E-state index contributed by atoms with van der Waals surface area (Å²) in [6.45, 7) is 5.65. The third kappa shape index (κ3) is 5.20. The molecule has 0 N–H and O–H groups in total. The average molecular weight is 417 g/mol. The monoisotopic (exact) mass is 416 g/mol. The minimum Gasteiger partial charge on any atom is -0.494 e. The summed E-state index contributed by atoms with van der Waals surface area (Å²) < 4.78 is 5.68. The minimum absolute atomic E-state index is 0.0604. The second kappa shape index (κ2) is 10.1. The molecule has 2 aromatic carbocycles. The third-order valence-electron chi connectivity index (χ3n) is 5.48. The number of rotatable bonds is 7. The lowest BCUT2D eigenvalue weighted by Gasteiger charge is -2.35. The second-order valence-electron chi connectivity index (χ2n) is 7.65. The Balaban J connectivity index is 1.31. The van der Waals surface area contributed by atoms with Crippen molar-refractivity contribution in [2.75, 3.05) is 37.7 Å². The first-order chi connectivity index (χ1) is 15.2. The standard InChI is InChI=1S/C25H28N4O2/c1-2-3-19-31-22-11-9-21(10-12-22)25(30)29-17-15-28(16-18-29)24-14-13-23(26-27-24)20-7-5-4-6-8-20/h4-14H,2-3,15-19H2,1H3. The first-order valence-corrected chi connectivity index (χ1v) is 10.9. The van der Waals surface area contributed by atoms with Gasteiger partial charge in [0.15, 0.2) is 5.82 Å². The fraction of sp³-hybridized carbons (Fsp3) is 0.320. The smallest absolute Gasteiger partial charge is 0.253 e. The van der Waals surface area contributed by atoms with Crippen molar-refractivity contribution in [2.24, 2.45) is 0 Å². The summed E-state index contributed by atoms with van der Waals surface area (Å²) in [6, 6.07) is 21.5. The van der Waals surface area contributed by atoms with E-state index in [0.29, 0.717) is 25.3 Å². The van der Waals surface area contributed by atoms with E-state index in [1.54, 1.807) is 0 Å². The summed E-state index contributed by atoms with van der Waals surface area (Å²) in [4.78, 5) is 16.9.